The number of nitrogens with one attached hydrogen (secondary N) is 1. The number of esters is 1. The van der Waals surface area contributed by atoms with E-state index in [2.05, 4.69) is 55.6 Å². The van der Waals surface area contributed by atoms with Crippen LogP contribution in [0.2, 0.25) is 0 Å². The lowest BCUT2D eigenvalue weighted by Gasteiger charge is -2.26. The maximum atomic E-state index is 12.2. The molecule has 0 spiro atoms. The average molecular weight is 516 g/mol. The molecule has 6 heteroatoms. The predicted molar refractivity (Wildman–Crippen MR) is 149 cm³/mol. The van der Waals surface area contributed by atoms with Gasteiger partial charge in [-0.05, 0) is 53.9 Å². The third kappa shape index (κ3) is 8.30. The van der Waals surface area contributed by atoms with Crippen LogP contribution in [0, 0.1) is 5.41 Å². The minimum atomic E-state index is -0.550. The van der Waals surface area contributed by atoms with Crippen molar-refractivity contribution in [1.82, 2.24) is 0 Å². The highest BCUT2D eigenvalue weighted by atomic mass is 16.5. The Labute approximate surface area is 225 Å². The smallest absolute Gasteiger partial charge is 0.306 e. The fraction of sp³-hybridized carbons (Fsp3) is 0.344. The van der Waals surface area contributed by atoms with Crippen molar-refractivity contribution >= 4 is 23.3 Å². The maximum Gasteiger partial charge on any atom is 0.306 e. The molecule has 0 aromatic heterocycles. The number of amides is 1. The zero-order valence-corrected chi connectivity index (χ0v) is 22.9. The van der Waals surface area contributed by atoms with Gasteiger partial charge < -0.3 is 14.8 Å². The second kappa shape index (κ2) is 12.5. The minimum Gasteiger partial charge on any atom is -0.458 e. The molecular weight excluding hydrogens is 478 g/mol. The van der Waals surface area contributed by atoms with Gasteiger partial charge in [0.15, 0.2) is 12.4 Å². The van der Waals surface area contributed by atoms with Crippen LogP contribution in [0.3, 0.4) is 0 Å². The Kier molecular flexibility index (Phi) is 9.45. The number of hydrogen-bond donors (Lipinski definition) is 1. The lowest BCUT2D eigenvalue weighted by molar-refractivity contribution is -0.150. The van der Waals surface area contributed by atoms with Crippen LogP contribution in [0.25, 0.3) is 0 Å². The molecule has 1 N–H and O–H groups in total. The molecule has 0 saturated carbocycles. The van der Waals surface area contributed by atoms with Crippen molar-refractivity contribution in [2.75, 3.05) is 11.9 Å². The second-order valence-electron chi connectivity index (χ2n) is 10.9. The van der Waals surface area contributed by atoms with Crippen LogP contribution < -0.4 is 10.1 Å². The first-order valence-corrected chi connectivity index (χ1v) is 12.9. The molecule has 1 amide bonds. The molecule has 38 heavy (non-hydrogen) atoms. The Morgan fingerprint density at radius 2 is 1.26 bits per heavy atom. The van der Waals surface area contributed by atoms with Gasteiger partial charge in [-0.3, -0.25) is 14.4 Å². The molecular formula is C32H37NO5. The first kappa shape index (κ1) is 28.6. The van der Waals surface area contributed by atoms with E-state index in [9.17, 15) is 14.4 Å². The van der Waals surface area contributed by atoms with Crippen molar-refractivity contribution in [1.29, 1.82) is 0 Å². The molecule has 0 saturated heterocycles. The maximum absolute atomic E-state index is 12.2. The molecule has 0 aliphatic heterocycles. The fourth-order valence-corrected chi connectivity index (χ4v) is 3.76. The van der Waals surface area contributed by atoms with E-state index in [1.54, 1.807) is 45.0 Å². The number of Topliss-reactive ketones (excluding diaryl/α,β-unsaturated/α-hetero) is 1. The largest absolute Gasteiger partial charge is 0.458 e. The Bertz CT molecular complexity index is 1220. The Morgan fingerprint density at radius 3 is 1.84 bits per heavy atom. The summed E-state index contributed by atoms with van der Waals surface area (Å²) in [6.45, 7) is 9.49. The van der Waals surface area contributed by atoms with Gasteiger partial charge in [0.2, 0.25) is 5.91 Å². The summed E-state index contributed by atoms with van der Waals surface area (Å²) in [4.78, 5) is 35.9. The van der Waals surface area contributed by atoms with Crippen molar-refractivity contribution in [3.8, 4) is 11.5 Å². The Hall–Kier alpha value is -3.93. The summed E-state index contributed by atoms with van der Waals surface area (Å²) in [7, 11) is 0. The molecule has 0 aliphatic rings. The van der Waals surface area contributed by atoms with Gasteiger partial charge in [0.05, 0.1) is 0 Å². The standard InChI is InChI=1S/C32H37NO5/c1-31(2,3)28(34)22-37-30(36)13-9-12-29(35)33-25-16-20-27(21-17-25)38-26-18-14-24(15-19-26)32(4,5)23-10-7-6-8-11-23/h6-8,10-11,14-21H,9,12-13,22H2,1-5H3,(H,33,35). The molecule has 3 rings (SSSR count). The van der Waals surface area contributed by atoms with E-state index in [-0.39, 0.29) is 36.6 Å². The van der Waals surface area contributed by atoms with Crippen molar-refractivity contribution in [3.63, 3.8) is 0 Å². The fourth-order valence-electron chi connectivity index (χ4n) is 3.76. The van der Waals surface area contributed by atoms with Gasteiger partial charge in [-0.2, -0.15) is 0 Å². The summed E-state index contributed by atoms with van der Waals surface area (Å²) in [6.07, 6.45) is 0.595. The highest BCUT2D eigenvalue weighted by Gasteiger charge is 2.23. The molecule has 0 bridgehead atoms. The molecule has 3 aromatic rings. The molecule has 3 aromatic carbocycles. The number of hydrogen-bond acceptors (Lipinski definition) is 5. The van der Waals surface area contributed by atoms with Crippen molar-refractivity contribution in [2.24, 2.45) is 5.41 Å². The molecule has 0 aliphatic carbocycles. The number of carbonyl (C=O) groups excluding carboxylic acids is 3. The Morgan fingerprint density at radius 1 is 0.711 bits per heavy atom. The molecule has 0 atom stereocenters. The van der Waals surface area contributed by atoms with Gasteiger partial charge in [-0.25, -0.2) is 0 Å². The van der Waals surface area contributed by atoms with Gasteiger partial charge >= 0.3 is 5.97 Å². The van der Waals surface area contributed by atoms with Crippen molar-refractivity contribution < 1.29 is 23.9 Å². The average Bonchev–Trinajstić information content (AvgIpc) is 2.88. The highest BCUT2D eigenvalue weighted by Crippen LogP contribution is 2.33. The van der Waals surface area contributed by atoms with Crippen LogP contribution >= 0.6 is 0 Å². The molecule has 0 radical (unpaired) electrons. The normalized spacial score (nSPS) is 11.5. The number of carbonyl (C=O) groups is 3. The quantitative estimate of drug-likeness (QED) is 0.276. The number of benzene rings is 3. The van der Waals surface area contributed by atoms with Gasteiger partial charge in [0.25, 0.3) is 0 Å². The van der Waals surface area contributed by atoms with Crippen LogP contribution in [-0.4, -0.2) is 24.3 Å². The van der Waals surface area contributed by atoms with Crippen LogP contribution in [0.5, 0.6) is 11.5 Å². The van der Waals surface area contributed by atoms with E-state index in [0.29, 0.717) is 17.9 Å². The monoisotopic (exact) mass is 515 g/mol. The summed E-state index contributed by atoms with van der Waals surface area (Å²) in [6, 6.07) is 25.6. The Balaban J connectivity index is 1.44. The van der Waals surface area contributed by atoms with E-state index in [4.69, 9.17) is 9.47 Å². The molecule has 0 unspecified atom stereocenters. The number of anilines is 1. The second-order valence-corrected chi connectivity index (χ2v) is 10.9. The zero-order valence-electron chi connectivity index (χ0n) is 22.9. The van der Waals surface area contributed by atoms with Gasteiger partial charge in [-0.15, -0.1) is 0 Å². The molecule has 200 valence electrons. The molecule has 0 heterocycles. The summed E-state index contributed by atoms with van der Waals surface area (Å²) in [5.41, 5.74) is 2.41. The lowest BCUT2D eigenvalue weighted by Crippen LogP contribution is -2.26. The number of ketones is 1. The molecule has 6 nitrogen and oxygen atoms in total. The van der Waals surface area contributed by atoms with Gasteiger partial charge in [-0.1, -0.05) is 77.1 Å². The predicted octanol–water partition coefficient (Wildman–Crippen LogP) is 7.07. The van der Waals surface area contributed by atoms with Crippen LogP contribution in [0.15, 0.2) is 78.9 Å². The zero-order chi connectivity index (χ0) is 27.8. The van der Waals surface area contributed by atoms with E-state index < -0.39 is 11.4 Å². The SMILES string of the molecule is CC(C)(C)C(=O)COC(=O)CCCC(=O)Nc1ccc(Oc2ccc(C(C)(C)c3ccccc3)cc2)cc1. The third-order valence-corrected chi connectivity index (χ3v) is 6.43. The van der Waals surface area contributed by atoms with E-state index in [1.807, 2.05) is 18.2 Å². The van der Waals surface area contributed by atoms with Crippen molar-refractivity contribution in [2.45, 2.75) is 59.3 Å². The minimum absolute atomic E-state index is 0.0823. The van der Waals surface area contributed by atoms with Crippen LogP contribution in [0.4, 0.5) is 5.69 Å². The van der Waals surface area contributed by atoms with E-state index >= 15 is 0 Å². The summed E-state index contributed by atoms with van der Waals surface area (Å²) in [5.74, 6) is 0.568. The first-order chi connectivity index (χ1) is 17.9. The van der Waals surface area contributed by atoms with E-state index in [0.717, 1.165) is 5.75 Å². The molecule has 0 fully saturated rings. The highest BCUT2D eigenvalue weighted by molar-refractivity contribution is 5.91. The number of rotatable bonds is 11. The summed E-state index contributed by atoms with van der Waals surface area (Å²) >= 11 is 0. The lowest BCUT2D eigenvalue weighted by atomic mass is 9.78. The first-order valence-electron chi connectivity index (χ1n) is 12.9. The van der Waals surface area contributed by atoms with Crippen LogP contribution in [0.1, 0.15) is 65.0 Å². The van der Waals surface area contributed by atoms with Crippen molar-refractivity contribution in [3.05, 3.63) is 90.0 Å². The van der Waals surface area contributed by atoms with Gasteiger partial charge in [0.1, 0.15) is 11.5 Å². The topological polar surface area (TPSA) is 81.7 Å². The third-order valence-electron chi connectivity index (χ3n) is 6.43. The van der Waals surface area contributed by atoms with E-state index in [1.165, 1.54) is 11.1 Å². The van der Waals surface area contributed by atoms with Crippen LogP contribution in [-0.2, 0) is 24.5 Å². The van der Waals surface area contributed by atoms with Gasteiger partial charge in [0, 0.05) is 29.4 Å². The summed E-state index contributed by atoms with van der Waals surface area (Å²) in [5, 5.41) is 2.82. The summed E-state index contributed by atoms with van der Waals surface area (Å²) < 4.78 is 11.0. The number of ether oxygens (including phenoxy) is 2.